The molecule has 3 fully saturated rings. The van der Waals surface area contributed by atoms with Gasteiger partial charge in [0.25, 0.3) is 11.5 Å². The Morgan fingerprint density at radius 2 is 2.09 bits per heavy atom. The number of aromatic nitrogens is 3. The van der Waals surface area contributed by atoms with Gasteiger partial charge in [0.1, 0.15) is 16.7 Å². The normalized spacial score (nSPS) is 25.1. The molecule has 33 heavy (non-hydrogen) atoms. The van der Waals surface area contributed by atoms with Gasteiger partial charge < -0.3 is 16.4 Å². The molecule has 2 amide bonds. The summed E-state index contributed by atoms with van der Waals surface area (Å²) in [5, 5.41) is 10.4. The largest absolute Gasteiger partial charge is 0.380 e. The maximum atomic E-state index is 12.8. The van der Waals surface area contributed by atoms with E-state index >= 15 is 0 Å². The fraction of sp³-hybridized carbons (Fsp3) is 0.522. The Labute approximate surface area is 200 Å². The lowest BCUT2D eigenvalue weighted by molar-refractivity contribution is -0.122. The summed E-state index contributed by atoms with van der Waals surface area (Å²) in [6, 6.07) is 3.48. The van der Waals surface area contributed by atoms with Gasteiger partial charge in [-0.05, 0) is 69.6 Å². The van der Waals surface area contributed by atoms with Crippen LogP contribution in [0, 0.1) is 23.2 Å². The van der Waals surface area contributed by atoms with Gasteiger partial charge in [-0.2, -0.15) is 5.10 Å². The third kappa shape index (κ3) is 4.53. The minimum atomic E-state index is -0.638. The van der Waals surface area contributed by atoms with Gasteiger partial charge in [0.15, 0.2) is 0 Å². The third-order valence-electron chi connectivity index (χ3n) is 7.54. The van der Waals surface area contributed by atoms with Gasteiger partial charge in [0.05, 0.1) is 11.9 Å². The van der Waals surface area contributed by atoms with Crippen molar-refractivity contribution >= 4 is 33.4 Å². The van der Waals surface area contributed by atoms with Crippen molar-refractivity contribution in [1.29, 1.82) is 0 Å². The first-order valence-electron chi connectivity index (χ1n) is 11.1. The van der Waals surface area contributed by atoms with E-state index in [1.165, 1.54) is 18.7 Å². The molecule has 3 aliphatic rings. The highest BCUT2D eigenvalue weighted by Crippen LogP contribution is 2.61. The van der Waals surface area contributed by atoms with E-state index in [4.69, 9.17) is 5.73 Å². The molecule has 0 radical (unpaired) electrons. The number of nitrogens with one attached hydrogen (secondary N) is 2. The number of carbonyl (C=O) groups excluding carboxylic acids is 2. The zero-order valence-electron chi connectivity index (χ0n) is 19.0. The van der Waals surface area contributed by atoms with Gasteiger partial charge in [-0.1, -0.05) is 20.8 Å². The van der Waals surface area contributed by atoms with Crippen molar-refractivity contribution < 1.29 is 9.59 Å². The van der Waals surface area contributed by atoms with Gasteiger partial charge in [0.2, 0.25) is 5.91 Å². The fourth-order valence-electron chi connectivity index (χ4n) is 5.33. The van der Waals surface area contributed by atoms with Crippen LogP contribution in [0.2, 0.25) is 0 Å². The molecule has 9 nitrogen and oxygen atoms in total. The van der Waals surface area contributed by atoms with Crippen LogP contribution in [0.5, 0.6) is 0 Å². The predicted octanol–water partition coefficient (Wildman–Crippen LogP) is 2.30. The summed E-state index contributed by atoms with van der Waals surface area (Å²) < 4.78 is 1.49. The molecule has 3 saturated carbocycles. The molecule has 2 heterocycles. The number of hydrogen-bond acceptors (Lipinski definition) is 6. The van der Waals surface area contributed by atoms with Crippen molar-refractivity contribution in [3.05, 3.63) is 50.6 Å². The van der Waals surface area contributed by atoms with E-state index in [2.05, 4.69) is 57.4 Å². The van der Waals surface area contributed by atoms with Gasteiger partial charge in [-0.25, -0.2) is 4.68 Å². The van der Waals surface area contributed by atoms with Crippen LogP contribution in [-0.2, 0) is 17.9 Å². The van der Waals surface area contributed by atoms with Gasteiger partial charge in [-0.15, -0.1) is 0 Å². The lowest BCUT2D eigenvalue weighted by Crippen LogP contribution is -2.58. The molecule has 4 N–H and O–H groups in total. The predicted molar refractivity (Wildman–Crippen MR) is 127 cm³/mol. The maximum Gasteiger partial charge on any atom is 0.283 e. The van der Waals surface area contributed by atoms with Crippen LogP contribution in [-0.4, -0.2) is 32.6 Å². The molecule has 2 aromatic rings. The van der Waals surface area contributed by atoms with Crippen molar-refractivity contribution in [2.24, 2.45) is 28.9 Å². The van der Waals surface area contributed by atoms with Gasteiger partial charge >= 0.3 is 0 Å². The molecule has 4 atom stereocenters. The SMILES string of the molecule is C[C@H]1[C@H]2C[C@H](C[C@H]1Nc1cnn(CC(=O)NCc3ccnc(C(N)=O)c3)c(=O)c1Br)C2(C)C. The lowest BCUT2D eigenvalue weighted by atomic mass is 9.45. The van der Waals surface area contributed by atoms with Gasteiger partial charge in [0, 0.05) is 18.8 Å². The quantitative estimate of drug-likeness (QED) is 0.517. The number of rotatable bonds is 7. The fourth-order valence-corrected chi connectivity index (χ4v) is 5.75. The topological polar surface area (TPSA) is 132 Å². The molecule has 0 aromatic carbocycles. The van der Waals surface area contributed by atoms with E-state index in [0.717, 1.165) is 11.1 Å². The average molecular weight is 517 g/mol. The Morgan fingerprint density at radius 3 is 2.76 bits per heavy atom. The first kappa shape index (κ1) is 23.4. The minimum Gasteiger partial charge on any atom is -0.380 e. The summed E-state index contributed by atoms with van der Waals surface area (Å²) in [4.78, 5) is 40.3. The number of amides is 2. The van der Waals surface area contributed by atoms with Crippen LogP contribution in [0.15, 0.2) is 33.8 Å². The Balaban J connectivity index is 1.37. The number of fused-ring (bicyclic) bond motifs is 2. The van der Waals surface area contributed by atoms with Crippen LogP contribution < -0.4 is 21.9 Å². The summed E-state index contributed by atoms with van der Waals surface area (Å²) in [6.07, 6.45) is 5.41. The Morgan fingerprint density at radius 1 is 1.33 bits per heavy atom. The summed E-state index contributed by atoms with van der Waals surface area (Å²) in [5.41, 5.74) is 6.70. The smallest absolute Gasteiger partial charge is 0.283 e. The van der Waals surface area contributed by atoms with Crippen LogP contribution in [0.4, 0.5) is 5.69 Å². The van der Waals surface area contributed by atoms with Crippen molar-refractivity contribution in [3.8, 4) is 0 Å². The number of hydrogen-bond donors (Lipinski definition) is 3. The van der Waals surface area contributed by atoms with Crippen molar-refractivity contribution in [1.82, 2.24) is 20.1 Å². The molecule has 5 rings (SSSR count). The second-order valence-electron chi connectivity index (χ2n) is 9.73. The Hall–Kier alpha value is -2.75. The second kappa shape index (κ2) is 8.89. The molecule has 0 spiro atoms. The molecular weight excluding hydrogens is 488 g/mol. The van der Waals surface area contributed by atoms with Crippen molar-refractivity contribution in [2.75, 3.05) is 5.32 Å². The Bertz CT molecular complexity index is 1150. The van der Waals surface area contributed by atoms with E-state index in [0.29, 0.717) is 44.9 Å². The third-order valence-corrected chi connectivity index (χ3v) is 8.31. The summed E-state index contributed by atoms with van der Waals surface area (Å²) in [7, 11) is 0. The molecule has 2 aromatic heterocycles. The minimum absolute atomic E-state index is 0.125. The number of carbonyl (C=O) groups is 2. The standard InChI is InChI=1S/C23H29BrN6O3/c1-12-15-7-14(23(15,2)3)8-16(12)29-18-10-28-30(22(33)20(18)24)11-19(31)27-9-13-4-5-26-17(6-13)21(25)32/h4-6,10,12,14-16,29H,7-9,11H2,1-3H3,(H2,25,32)(H,27,31)/t12-,14+,15+,16+/m0/s1. The van der Waals surface area contributed by atoms with E-state index in [1.807, 2.05) is 0 Å². The molecule has 2 bridgehead atoms. The molecule has 176 valence electrons. The molecule has 10 heteroatoms. The monoisotopic (exact) mass is 516 g/mol. The van der Waals surface area contributed by atoms with E-state index in [9.17, 15) is 14.4 Å². The molecule has 0 saturated heterocycles. The van der Waals surface area contributed by atoms with Crippen LogP contribution in [0.25, 0.3) is 0 Å². The van der Waals surface area contributed by atoms with Crippen molar-refractivity contribution in [3.63, 3.8) is 0 Å². The molecule has 0 unspecified atom stereocenters. The maximum absolute atomic E-state index is 12.8. The number of pyridine rings is 1. The van der Waals surface area contributed by atoms with Crippen LogP contribution in [0.3, 0.4) is 0 Å². The molecule has 0 aliphatic heterocycles. The van der Waals surface area contributed by atoms with E-state index in [1.54, 1.807) is 12.3 Å². The summed E-state index contributed by atoms with van der Waals surface area (Å²) in [6.45, 7) is 6.95. The first-order valence-corrected chi connectivity index (χ1v) is 11.9. The van der Waals surface area contributed by atoms with E-state index in [-0.39, 0.29) is 30.2 Å². The van der Waals surface area contributed by atoms with E-state index < -0.39 is 5.91 Å². The van der Waals surface area contributed by atoms with Crippen LogP contribution in [0.1, 0.15) is 49.7 Å². The highest BCUT2D eigenvalue weighted by molar-refractivity contribution is 9.10. The number of nitrogens with two attached hydrogens (primary N) is 1. The zero-order chi connectivity index (χ0) is 23.9. The average Bonchev–Trinajstić information content (AvgIpc) is 2.78. The summed E-state index contributed by atoms with van der Waals surface area (Å²) >= 11 is 3.40. The van der Waals surface area contributed by atoms with Crippen molar-refractivity contribution in [2.45, 2.75) is 52.7 Å². The molecular formula is C23H29BrN6O3. The molecule has 3 aliphatic carbocycles. The lowest BCUT2D eigenvalue weighted by Gasteiger charge is -2.62. The highest BCUT2D eigenvalue weighted by Gasteiger charge is 2.56. The van der Waals surface area contributed by atoms with Gasteiger partial charge in [-0.3, -0.25) is 19.4 Å². The number of nitrogens with zero attached hydrogens (tertiary/aromatic N) is 3. The first-order chi connectivity index (χ1) is 15.6. The zero-order valence-corrected chi connectivity index (χ0v) is 20.6. The number of halogens is 1. The number of anilines is 1. The number of primary amides is 1. The highest BCUT2D eigenvalue weighted by atomic mass is 79.9. The summed E-state index contributed by atoms with van der Waals surface area (Å²) in [5.74, 6) is 0.877. The Kier molecular flexibility index (Phi) is 6.30. The second-order valence-corrected chi connectivity index (χ2v) is 10.5. The van der Waals surface area contributed by atoms with Crippen LogP contribution >= 0.6 is 15.9 Å².